The predicted octanol–water partition coefficient (Wildman–Crippen LogP) is 7.26. The summed E-state index contributed by atoms with van der Waals surface area (Å²) >= 11 is 14.1. The topological polar surface area (TPSA) is 123 Å². The molecule has 1 aliphatic rings. The number of ether oxygens (including phenoxy) is 2. The zero-order valence-electron chi connectivity index (χ0n) is 24.8. The summed E-state index contributed by atoms with van der Waals surface area (Å²) in [6.07, 6.45) is 0. The van der Waals surface area contributed by atoms with Gasteiger partial charge in [0.25, 0.3) is 0 Å². The molecule has 0 spiro atoms. The maximum absolute atomic E-state index is 11.6. The van der Waals surface area contributed by atoms with E-state index < -0.39 is 7.12 Å². The molecule has 4 aromatic rings. The Kier molecular flexibility index (Phi) is 13.4. The Morgan fingerprint density at radius 2 is 1.25 bits per heavy atom. The van der Waals surface area contributed by atoms with Gasteiger partial charge in [-0.2, -0.15) is 13.7 Å². The van der Waals surface area contributed by atoms with Gasteiger partial charge in [0.2, 0.25) is 13.9 Å². The quantitative estimate of drug-likeness (QED) is 0.146. The summed E-state index contributed by atoms with van der Waals surface area (Å²) < 4.78 is 31.1. The number of hydrogen-bond donors (Lipinski definition) is 0. The molecule has 0 saturated carbocycles. The average molecular weight is 789 g/mol. The first-order valence-electron chi connectivity index (χ1n) is 13.3. The van der Waals surface area contributed by atoms with Crippen LogP contribution in [-0.2, 0) is 18.8 Å². The van der Waals surface area contributed by atoms with E-state index in [-0.39, 0.29) is 23.1 Å². The number of halogens is 3. The number of nitrogens with zero attached hydrogens (tertiary/aromatic N) is 4. The molecule has 5 rings (SSSR count). The van der Waals surface area contributed by atoms with Crippen molar-refractivity contribution in [2.24, 2.45) is 0 Å². The smallest absolute Gasteiger partial charge is 0.462 e. The van der Waals surface area contributed by atoms with E-state index in [0.717, 1.165) is 27.6 Å². The Labute approximate surface area is 286 Å². The van der Waals surface area contributed by atoms with E-state index in [1.54, 1.807) is 38.1 Å². The highest BCUT2D eigenvalue weighted by Gasteiger charge is 2.51. The van der Waals surface area contributed by atoms with Crippen LogP contribution in [0.15, 0.2) is 58.0 Å². The van der Waals surface area contributed by atoms with Crippen molar-refractivity contribution in [3.05, 3.63) is 73.6 Å². The first-order chi connectivity index (χ1) is 20.8. The second-order valence-electron chi connectivity index (χ2n) is 9.91. The first kappa shape index (κ1) is 36.2. The van der Waals surface area contributed by atoms with Crippen LogP contribution in [0, 0.1) is 0 Å². The van der Waals surface area contributed by atoms with Crippen LogP contribution >= 0.6 is 66.5 Å². The second kappa shape index (κ2) is 16.3. The van der Waals surface area contributed by atoms with Gasteiger partial charge in [0, 0.05) is 5.56 Å². The number of esters is 2. The van der Waals surface area contributed by atoms with E-state index in [4.69, 9.17) is 30.4 Å². The highest BCUT2D eigenvalue weighted by atomic mass is 79.9. The Morgan fingerprint density at radius 3 is 1.61 bits per heavy atom. The Balaban J connectivity index is 0.000000199. The molecular weight excluding hydrogens is 759 g/mol. The van der Waals surface area contributed by atoms with Crippen LogP contribution in [0.3, 0.4) is 0 Å². The van der Waals surface area contributed by atoms with Crippen LogP contribution in [0.2, 0.25) is 4.47 Å². The molecule has 0 radical (unpaired) electrons. The van der Waals surface area contributed by atoms with E-state index in [9.17, 15) is 9.59 Å². The molecule has 16 heteroatoms. The summed E-state index contributed by atoms with van der Waals surface area (Å²) in [6, 6.07) is 14.3. The highest BCUT2D eigenvalue weighted by Crippen LogP contribution is 2.36. The Morgan fingerprint density at radius 1 is 0.795 bits per heavy atom. The minimum atomic E-state index is -0.406. The van der Waals surface area contributed by atoms with Crippen molar-refractivity contribution in [1.82, 2.24) is 18.7 Å². The number of hydrogen-bond acceptors (Lipinski definition) is 12. The lowest BCUT2D eigenvalue weighted by molar-refractivity contribution is 0.00578. The van der Waals surface area contributed by atoms with Crippen LogP contribution in [-0.4, -0.2) is 62.2 Å². The molecule has 10 nitrogen and oxygen atoms in total. The molecule has 0 bridgehead atoms. The van der Waals surface area contributed by atoms with Gasteiger partial charge in [-0.15, -0.1) is 0 Å². The standard InChI is InChI=1S/C15H21BO4.C11H9BrN2O2S.C2BrClN2S/c1-6-18-13(17)11-7-9-12(10-8-11)16-19-14(2,3)15(4,5)20-16;1-2-16-10(15)8-5-3-7(4-6-8)9-13-11(12)14-17-9;3-1-5-2(4)7-6-1/h7-10H,6H2,1-5H3;3-6H,2H2,1H3;. The lowest BCUT2D eigenvalue weighted by Crippen LogP contribution is -2.41. The summed E-state index contributed by atoms with van der Waals surface area (Å²) in [5.41, 5.74) is 2.18. The minimum absolute atomic E-state index is 0.308. The normalized spacial score (nSPS) is 14.5. The number of benzene rings is 2. The molecule has 44 heavy (non-hydrogen) atoms. The van der Waals surface area contributed by atoms with Crippen LogP contribution in [0.5, 0.6) is 0 Å². The number of carbonyl (C=O) groups is 2. The van der Waals surface area contributed by atoms with E-state index in [1.165, 1.54) is 11.5 Å². The summed E-state index contributed by atoms with van der Waals surface area (Å²) in [5.74, 6) is -0.620. The molecule has 0 unspecified atom stereocenters. The van der Waals surface area contributed by atoms with E-state index in [0.29, 0.717) is 38.3 Å². The van der Waals surface area contributed by atoms with Crippen molar-refractivity contribution in [1.29, 1.82) is 0 Å². The van der Waals surface area contributed by atoms with Gasteiger partial charge in [-0.25, -0.2) is 14.6 Å². The molecule has 2 aromatic carbocycles. The molecule has 0 N–H and O–H groups in total. The monoisotopic (exact) mass is 786 g/mol. The van der Waals surface area contributed by atoms with Gasteiger partial charge in [0.05, 0.1) is 35.5 Å². The average Bonchev–Trinajstić information content (AvgIpc) is 3.65. The third kappa shape index (κ3) is 10.1. The van der Waals surface area contributed by atoms with Crippen LogP contribution < -0.4 is 5.46 Å². The molecule has 3 heterocycles. The highest BCUT2D eigenvalue weighted by molar-refractivity contribution is 9.10. The van der Waals surface area contributed by atoms with Gasteiger partial charge in [0.15, 0.2) is 0 Å². The zero-order chi connectivity index (χ0) is 32.5. The molecule has 0 amide bonds. The van der Waals surface area contributed by atoms with Crippen LogP contribution in [0.1, 0.15) is 62.3 Å². The fraction of sp³-hybridized carbons (Fsp3) is 0.357. The largest absolute Gasteiger partial charge is 0.494 e. The fourth-order valence-electron chi connectivity index (χ4n) is 3.44. The summed E-state index contributed by atoms with van der Waals surface area (Å²) in [5, 5.41) is 0.812. The van der Waals surface area contributed by atoms with Crippen molar-refractivity contribution in [2.45, 2.75) is 52.7 Å². The van der Waals surface area contributed by atoms with E-state index >= 15 is 0 Å². The van der Waals surface area contributed by atoms with Crippen molar-refractivity contribution >= 4 is 91.0 Å². The van der Waals surface area contributed by atoms with Crippen LogP contribution in [0.25, 0.3) is 10.6 Å². The third-order valence-electron chi connectivity index (χ3n) is 6.37. The Bertz CT molecular complexity index is 1510. The van der Waals surface area contributed by atoms with E-state index in [1.807, 2.05) is 52.0 Å². The molecule has 2 aromatic heterocycles. The van der Waals surface area contributed by atoms with Crippen molar-refractivity contribution in [2.75, 3.05) is 13.2 Å². The van der Waals surface area contributed by atoms with Gasteiger partial charge in [-0.3, -0.25) is 0 Å². The van der Waals surface area contributed by atoms with Gasteiger partial charge < -0.3 is 18.8 Å². The Hall–Kier alpha value is -2.27. The number of aromatic nitrogens is 4. The summed E-state index contributed by atoms with van der Waals surface area (Å²) in [4.78, 5) is 30.9. The van der Waals surface area contributed by atoms with Gasteiger partial charge >= 0.3 is 19.1 Å². The van der Waals surface area contributed by atoms with Gasteiger partial charge in [-0.1, -0.05) is 24.3 Å². The number of carbonyl (C=O) groups excluding carboxylic acids is 2. The third-order valence-corrected chi connectivity index (χ3v) is 9.11. The second-order valence-corrected chi connectivity index (χ2v) is 13.4. The molecule has 0 atom stereocenters. The SMILES string of the molecule is CCOC(=O)c1ccc(-c2nc(Br)ns2)cc1.CCOC(=O)c1ccc(B2OC(C)(C)C(C)(C)O2)cc1.Clc1nc(Br)ns1. The first-order valence-corrected chi connectivity index (χ1v) is 16.8. The zero-order valence-corrected chi connectivity index (χ0v) is 30.4. The van der Waals surface area contributed by atoms with Gasteiger partial charge in [-0.05, 0) is 138 Å². The maximum Gasteiger partial charge on any atom is 0.494 e. The molecule has 0 aliphatic carbocycles. The molecule has 1 saturated heterocycles. The molecule has 1 aliphatic heterocycles. The molecule has 1 fully saturated rings. The molecule has 234 valence electrons. The lowest BCUT2D eigenvalue weighted by Gasteiger charge is -2.32. The number of rotatable bonds is 6. The lowest BCUT2D eigenvalue weighted by atomic mass is 9.79. The van der Waals surface area contributed by atoms with E-state index in [2.05, 4.69) is 50.6 Å². The fourth-order valence-corrected chi connectivity index (χ4v) is 5.64. The molecular formula is C28H30BBr2ClN4O6S2. The predicted molar refractivity (Wildman–Crippen MR) is 180 cm³/mol. The maximum atomic E-state index is 11.6. The van der Waals surface area contributed by atoms with Gasteiger partial charge in [0.1, 0.15) is 5.01 Å². The van der Waals surface area contributed by atoms with Crippen molar-refractivity contribution < 1.29 is 28.4 Å². The van der Waals surface area contributed by atoms with Crippen LogP contribution in [0.4, 0.5) is 0 Å². The summed E-state index contributed by atoms with van der Waals surface area (Å²) in [6.45, 7) is 12.4. The van der Waals surface area contributed by atoms with Crippen molar-refractivity contribution in [3.8, 4) is 10.6 Å². The van der Waals surface area contributed by atoms with Crippen molar-refractivity contribution in [3.63, 3.8) is 0 Å². The minimum Gasteiger partial charge on any atom is -0.462 e. The summed E-state index contributed by atoms with van der Waals surface area (Å²) in [7, 11) is -0.406.